The number of rotatable bonds is 4. The molecule has 0 aromatic heterocycles. The van der Waals surface area contributed by atoms with Crippen molar-refractivity contribution in [3.05, 3.63) is 57.8 Å². The van der Waals surface area contributed by atoms with Crippen LogP contribution in [0.5, 0.6) is 0 Å². The molecule has 0 bridgehead atoms. The van der Waals surface area contributed by atoms with Crippen LogP contribution in [0.4, 0.5) is 10.1 Å². The molecule has 0 atom stereocenters. The maximum atomic E-state index is 13.2. The highest BCUT2D eigenvalue weighted by Crippen LogP contribution is 2.22. The van der Waals surface area contributed by atoms with Crippen LogP contribution >= 0.6 is 15.9 Å². The molecule has 2 aromatic carbocycles. The van der Waals surface area contributed by atoms with E-state index in [0.717, 1.165) is 16.8 Å². The Morgan fingerprint density at radius 1 is 1.19 bits per heavy atom. The van der Waals surface area contributed by atoms with Gasteiger partial charge in [-0.15, -0.1) is 0 Å². The van der Waals surface area contributed by atoms with Crippen molar-refractivity contribution in [1.29, 1.82) is 0 Å². The van der Waals surface area contributed by atoms with Crippen molar-refractivity contribution < 1.29 is 12.8 Å². The van der Waals surface area contributed by atoms with Crippen LogP contribution in [0, 0.1) is 12.7 Å². The minimum absolute atomic E-state index is 0.274. The highest BCUT2D eigenvalue weighted by molar-refractivity contribution is 9.10. The zero-order valence-electron chi connectivity index (χ0n) is 11.7. The van der Waals surface area contributed by atoms with Crippen molar-refractivity contribution in [1.82, 2.24) is 0 Å². The van der Waals surface area contributed by atoms with E-state index >= 15 is 0 Å². The predicted octanol–water partition coefficient (Wildman–Crippen LogP) is 3.91. The summed E-state index contributed by atoms with van der Waals surface area (Å²) >= 11 is 3.14. The number of sulfone groups is 1. The maximum absolute atomic E-state index is 13.2. The Bertz CT molecular complexity index is 775. The summed E-state index contributed by atoms with van der Waals surface area (Å²) in [4.78, 5) is 0.274. The highest BCUT2D eigenvalue weighted by atomic mass is 79.9. The lowest BCUT2D eigenvalue weighted by Gasteiger charge is -2.11. The second-order valence-corrected chi connectivity index (χ2v) is 7.72. The monoisotopic (exact) mass is 371 g/mol. The summed E-state index contributed by atoms with van der Waals surface area (Å²) in [6.07, 6.45) is 1.18. The Morgan fingerprint density at radius 3 is 2.52 bits per heavy atom. The second-order valence-electron chi connectivity index (χ2n) is 4.85. The smallest absolute Gasteiger partial charge is 0.175 e. The molecule has 0 spiro atoms. The average molecular weight is 372 g/mol. The fourth-order valence-electron chi connectivity index (χ4n) is 1.87. The summed E-state index contributed by atoms with van der Waals surface area (Å²) in [5, 5.41) is 3.18. The molecule has 0 heterocycles. The van der Waals surface area contributed by atoms with Gasteiger partial charge in [-0.2, -0.15) is 0 Å². The fourth-order valence-corrected chi connectivity index (χ4v) is 2.94. The Morgan fingerprint density at radius 2 is 1.90 bits per heavy atom. The van der Waals surface area contributed by atoms with Crippen molar-refractivity contribution in [3.63, 3.8) is 0 Å². The maximum Gasteiger partial charge on any atom is 0.175 e. The summed E-state index contributed by atoms with van der Waals surface area (Å²) < 4.78 is 36.7. The van der Waals surface area contributed by atoms with Gasteiger partial charge in [0.1, 0.15) is 5.82 Å². The average Bonchev–Trinajstić information content (AvgIpc) is 2.40. The van der Waals surface area contributed by atoms with Gasteiger partial charge in [0, 0.05) is 18.5 Å². The minimum Gasteiger partial charge on any atom is -0.381 e. The number of anilines is 1. The van der Waals surface area contributed by atoms with Gasteiger partial charge < -0.3 is 5.32 Å². The van der Waals surface area contributed by atoms with Gasteiger partial charge in [-0.1, -0.05) is 12.1 Å². The van der Waals surface area contributed by atoms with E-state index in [2.05, 4.69) is 21.2 Å². The summed E-state index contributed by atoms with van der Waals surface area (Å²) in [6.45, 7) is 2.38. The van der Waals surface area contributed by atoms with Crippen LogP contribution in [0.15, 0.2) is 45.8 Å². The van der Waals surface area contributed by atoms with E-state index in [4.69, 9.17) is 0 Å². The molecule has 0 unspecified atom stereocenters. The quantitative estimate of drug-likeness (QED) is 0.885. The lowest BCUT2D eigenvalue weighted by atomic mass is 10.1. The van der Waals surface area contributed by atoms with Gasteiger partial charge in [-0.25, -0.2) is 12.8 Å². The Balaban J connectivity index is 2.21. The van der Waals surface area contributed by atoms with Crippen LogP contribution in [0.1, 0.15) is 11.1 Å². The molecule has 21 heavy (non-hydrogen) atoms. The molecule has 112 valence electrons. The van der Waals surface area contributed by atoms with Crippen molar-refractivity contribution >= 4 is 31.5 Å². The molecule has 0 saturated carbocycles. The van der Waals surface area contributed by atoms with E-state index in [1.54, 1.807) is 30.3 Å². The zero-order chi connectivity index (χ0) is 15.6. The van der Waals surface area contributed by atoms with Gasteiger partial charge in [0.05, 0.1) is 9.37 Å². The van der Waals surface area contributed by atoms with Gasteiger partial charge >= 0.3 is 0 Å². The van der Waals surface area contributed by atoms with Crippen LogP contribution < -0.4 is 5.32 Å². The van der Waals surface area contributed by atoms with E-state index < -0.39 is 9.84 Å². The molecule has 0 fully saturated rings. The molecular formula is C15H15BrFNO2S. The van der Waals surface area contributed by atoms with Crippen LogP contribution in [0.2, 0.25) is 0 Å². The highest BCUT2D eigenvalue weighted by Gasteiger charge is 2.09. The Hall–Kier alpha value is -1.40. The van der Waals surface area contributed by atoms with E-state index in [-0.39, 0.29) is 10.7 Å². The van der Waals surface area contributed by atoms with Crippen LogP contribution in [0.25, 0.3) is 0 Å². The molecule has 0 radical (unpaired) electrons. The number of hydrogen-bond donors (Lipinski definition) is 1. The second kappa shape index (κ2) is 6.15. The number of halogens is 2. The summed E-state index contributed by atoms with van der Waals surface area (Å²) in [6, 6.07) is 9.73. The van der Waals surface area contributed by atoms with Gasteiger partial charge in [0.2, 0.25) is 0 Å². The van der Waals surface area contributed by atoms with Gasteiger partial charge in [0.25, 0.3) is 0 Å². The van der Waals surface area contributed by atoms with E-state index in [1.165, 1.54) is 12.3 Å². The van der Waals surface area contributed by atoms with Crippen LogP contribution in [-0.2, 0) is 16.4 Å². The fraction of sp³-hybridized carbons (Fsp3) is 0.200. The number of nitrogens with one attached hydrogen (secondary N) is 1. The first-order valence-electron chi connectivity index (χ1n) is 6.26. The lowest BCUT2D eigenvalue weighted by Crippen LogP contribution is -2.04. The molecule has 2 aromatic rings. The minimum atomic E-state index is -3.23. The zero-order valence-corrected chi connectivity index (χ0v) is 14.1. The molecule has 0 saturated heterocycles. The predicted molar refractivity (Wildman–Crippen MR) is 85.7 cm³/mol. The van der Waals surface area contributed by atoms with E-state index in [9.17, 15) is 12.8 Å². The lowest BCUT2D eigenvalue weighted by molar-refractivity contribution is 0.602. The third-order valence-electron chi connectivity index (χ3n) is 3.10. The summed E-state index contributed by atoms with van der Waals surface area (Å²) in [5.74, 6) is -0.311. The number of aryl methyl sites for hydroxylation is 1. The molecule has 6 heteroatoms. The third kappa shape index (κ3) is 4.04. The topological polar surface area (TPSA) is 46.2 Å². The van der Waals surface area contributed by atoms with Gasteiger partial charge in [0.15, 0.2) is 9.84 Å². The molecule has 0 aliphatic carbocycles. The SMILES string of the molecule is Cc1ccc(S(C)(=O)=O)cc1NCc1ccc(F)c(Br)c1. The van der Waals surface area contributed by atoms with E-state index in [1.807, 2.05) is 6.92 Å². The largest absolute Gasteiger partial charge is 0.381 e. The molecule has 1 N–H and O–H groups in total. The molecule has 0 amide bonds. The first-order valence-corrected chi connectivity index (χ1v) is 8.94. The first-order chi connectivity index (χ1) is 9.77. The Kier molecular flexibility index (Phi) is 4.68. The van der Waals surface area contributed by atoms with Crippen LogP contribution in [0.3, 0.4) is 0 Å². The molecule has 2 rings (SSSR count). The standard InChI is InChI=1S/C15H15BrFNO2S/c1-10-3-5-12(21(2,19)20)8-15(10)18-9-11-4-6-14(17)13(16)7-11/h3-8,18H,9H2,1-2H3. The Labute approximate surface area is 132 Å². The van der Waals surface area contributed by atoms with Crippen molar-refractivity contribution in [2.24, 2.45) is 0 Å². The molecule has 0 aliphatic rings. The van der Waals surface area contributed by atoms with Gasteiger partial charge in [-0.3, -0.25) is 0 Å². The molecule has 3 nitrogen and oxygen atoms in total. The van der Waals surface area contributed by atoms with Crippen molar-refractivity contribution in [2.75, 3.05) is 11.6 Å². The normalized spacial score (nSPS) is 11.4. The van der Waals surface area contributed by atoms with Gasteiger partial charge in [-0.05, 0) is 58.2 Å². The first kappa shape index (κ1) is 16.0. The van der Waals surface area contributed by atoms with E-state index in [0.29, 0.717) is 11.0 Å². The summed E-state index contributed by atoms with van der Waals surface area (Å²) in [5.41, 5.74) is 2.59. The third-order valence-corrected chi connectivity index (χ3v) is 4.82. The number of hydrogen-bond acceptors (Lipinski definition) is 3. The molecular weight excluding hydrogens is 357 g/mol. The molecule has 0 aliphatic heterocycles. The van der Waals surface area contributed by atoms with Crippen LogP contribution in [-0.4, -0.2) is 14.7 Å². The summed E-state index contributed by atoms with van der Waals surface area (Å²) in [7, 11) is -3.23. The number of benzene rings is 2. The van der Waals surface area contributed by atoms with Crippen molar-refractivity contribution in [3.8, 4) is 0 Å². The van der Waals surface area contributed by atoms with Crippen molar-refractivity contribution in [2.45, 2.75) is 18.4 Å².